The summed E-state index contributed by atoms with van der Waals surface area (Å²) < 4.78 is 11.1. The van der Waals surface area contributed by atoms with E-state index in [0.29, 0.717) is 16.4 Å². The smallest absolute Gasteiger partial charge is 0.410 e. The third kappa shape index (κ3) is 5.60. The van der Waals surface area contributed by atoms with Gasteiger partial charge in [0.1, 0.15) is 11.2 Å². The number of esters is 1. The number of pyridine rings is 1. The number of aromatic nitrogens is 1. The molecule has 8 heteroatoms. The van der Waals surface area contributed by atoms with E-state index < -0.39 is 34.8 Å². The molecule has 0 spiro atoms. The number of aliphatic hydroxyl groups is 1. The molecule has 29 heavy (non-hydrogen) atoms. The van der Waals surface area contributed by atoms with Crippen LogP contribution >= 0.6 is 11.6 Å². The van der Waals surface area contributed by atoms with Crippen molar-refractivity contribution < 1.29 is 24.2 Å². The number of carbonyl (C=O) groups is 2. The quantitative estimate of drug-likeness (QED) is 0.723. The minimum atomic E-state index is -1.55. The fourth-order valence-electron chi connectivity index (χ4n) is 2.92. The highest BCUT2D eigenvalue weighted by molar-refractivity contribution is 6.31. The highest BCUT2D eigenvalue weighted by atomic mass is 35.5. The van der Waals surface area contributed by atoms with Gasteiger partial charge < -0.3 is 19.5 Å². The average Bonchev–Trinajstić information content (AvgIpc) is 2.56. The molecule has 2 atom stereocenters. The van der Waals surface area contributed by atoms with Crippen LogP contribution in [0.4, 0.5) is 4.79 Å². The SMILES string of the molecule is Cc1nc([C@@]2(O)CCN(C(=O)OC(C)(C)C)C[C@@H]2OC(=O)C(C)(C)C)ccc1Cl. The summed E-state index contributed by atoms with van der Waals surface area (Å²) in [6.45, 7) is 12.5. The van der Waals surface area contributed by atoms with E-state index in [1.165, 1.54) is 4.90 Å². The number of ether oxygens (including phenoxy) is 2. The second-order valence-electron chi connectivity index (χ2n) is 9.51. The van der Waals surface area contributed by atoms with E-state index in [1.807, 2.05) is 0 Å². The molecule has 1 aromatic heterocycles. The number of carbonyl (C=O) groups excluding carboxylic acids is 2. The van der Waals surface area contributed by atoms with Gasteiger partial charge in [0, 0.05) is 13.0 Å². The standard InChI is InChI=1S/C21H31ClN2O5/c1-13-14(22)8-9-15(23-13)21(27)10-11-24(18(26)29-20(5,6)7)12-16(21)28-17(25)19(2,3)4/h8-9,16,27H,10-12H2,1-7H3/t16-,21-/m0/s1. The summed E-state index contributed by atoms with van der Waals surface area (Å²) in [5.74, 6) is -0.474. The minimum absolute atomic E-state index is 0.00339. The Labute approximate surface area is 177 Å². The summed E-state index contributed by atoms with van der Waals surface area (Å²) in [6.07, 6.45) is -1.37. The molecule has 1 aliphatic heterocycles. The van der Waals surface area contributed by atoms with Crippen LogP contribution in [0.2, 0.25) is 5.02 Å². The van der Waals surface area contributed by atoms with Crippen molar-refractivity contribution in [1.82, 2.24) is 9.88 Å². The number of hydrogen-bond donors (Lipinski definition) is 1. The Balaban J connectivity index is 2.36. The number of hydrogen-bond acceptors (Lipinski definition) is 6. The molecular weight excluding hydrogens is 396 g/mol. The van der Waals surface area contributed by atoms with E-state index in [1.54, 1.807) is 60.6 Å². The molecule has 0 aliphatic carbocycles. The predicted octanol–water partition coefficient (Wildman–Crippen LogP) is 3.83. The lowest BCUT2D eigenvalue weighted by atomic mass is 9.84. The monoisotopic (exact) mass is 426 g/mol. The second kappa shape index (κ2) is 8.11. The molecule has 0 saturated carbocycles. The maximum absolute atomic E-state index is 12.6. The van der Waals surface area contributed by atoms with Crippen molar-refractivity contribution in [2.75, 3.05) is 13.1 Å². The molecule has 162 valence electrons. The van der Waals surface area contributed by atoms with Crippen LogP contribution in [0.25, 0.3) is 0 Å². The first-order valence-electron chi connectivity index (χ1n) is 9.68. The lowest BCUT2D eigenvalue weighted by Crippen LogP contribution is -2.58. The maximum atomic E-state index is 12.6. The van der Waals surface area contributed by atoms with Crippen molar-refractivity contribution in [1.29, 1.82) is 0 Å². The first kappa shape index (κ1) is 23.4. The van der Waals surface area contributed by atoms with E-state index in [2.05, 4.69) is 4.98 Å². The Morgan fingerprint density at radius 1 is 1.24 bits per heavy atom. The van der Waals surface area contributed by atoms with Crippen LogP contribution < -0.4 is 0 Å². The number of likely N-dealkylation sites (tertiary alicyclic amines) is 1. The van der Waals surface area contributed by atoms with Gasteiger partial charge in [0.2, 0.25) is 0 Å². The van der Waals surface area contributed by atoms with Gasteiger partial charge in [-0.2, -0.15) is 0 Å². The van der Waals surface area contributed by atoms with E-state index in [9.17, 15) is 14.7 Å². The molecule has 2 heterocycles. The van der Waals surface area contributed by atoms with Crippen molar-refractivity contribution in [3.63, 3.8) is 0 Å². The molecule has 1 aromatic rings. The van der Waals surface area contributed by atoms with Crippen molar-refractivity contribution in [2.24, 2.45) is 5.41 Å². The maximum Gasteiger partial charge on any atom is 0.410 e. The zero-order valence-electron chi connectivity index (χ0n) is 18.2. The first-order valence-corrected chi connectivity index (χ1v) is 10.1. The number of piperidine rings is 1. The van der Waals surface area contributed by atoms with Gasteiger partial charge in [-0.3, -0.25) is 9.78 Å². The van der Waals surface area contributed by atoms with Crippen LogP contribution in [0.3, 0.4) is 0 Å². The van der Waals surface area contributed by atoms with E-state index in [4.69, 9.17) is 21.1 Å². The zero-order valence-corrected chi connectivity index (χ0v) is 19.0. The lowest BCUT2D eigenvalue weighted by molar-refractivity contribution is -0.186. The Hall–Kier alpha value is -1.86. The fourth-order valence-corrected chi connectivity index (χ4v) is 3.03. The largest absolute Gasteiger partial charge is 0.457 e. The van der Waals surface area contributed by atoms with Crippen LogP contribution in [-0.4, -0.2) is 51.8 Å². The Morgan fingerprint density at radius 3 is 2.38 bits per heavy atom. The Morgan fingerprint density at radius 2 is 1.86 bits per heavy atom. The third-order valence-corrected chi connectivity index (χ3v) is 5.06. The summed E-state index contributed by atoms with van der Waals surface area (Å²) >= 11 is 6.07. The van der Waals surface area contributed by atoms with E-state index in [0.717, 1.165) is 0 Å². The summed E-state index contributed by atoms with van der Waals surface area (Å²) in [7, 11) is 0. The van der Waals surface area contributed by atoms with Crippen LogP contribution in [-0.2, 0) is 19.9 Å². The van der Waals surface area contributed by atoms with Crippen LogP contribution in [0.1, 0.15) is 59.4 Å². The molecule has 0 unspecified atom stereocenters. The molecule has 1 N–H and O–H groups in total. The van der Waals surface area contributed by atoms with Crippen molar-refractivity contribution in [2.45, 2.75) is 72.2 Å². The minimum Gasteiger partial charge on any atom is -0.457 e. The van der Waals surface area contributed by atoms with Gasteiger partial charge in [0.05, 0.1) is 28.4 Å². The molecule has 1 fully saturated rings. The van der Waals surface area contributed by atoms with Gasteiger partial charge in [-0.15, -0.1) is 0 Å². The Bertz CT molecular complexity index is 784. The molecule has 0 radical (unpaired) electrons. The van der Waals surface area contributed by atoms with Gasteiger partial charge in [0.25, 0.3) is 0 Å². The van der Waals surface area contributed by atoms with Crippen LogP contribution in [0, 0.1) is 12.3 Å². The lowest BCUT2D eigenvalue weighted by Gasteiger charge is -2.44. The topological polar surface area (TPSA) is 89.0 Å². The molecule has 0 aromatic carbocycles. The predicted molar refractivity (Wildman–Crippen MR) is 110 cm³/mol. The van der Waals surface area contributed by atoms with Crippen LogP contribution in [0.15, 0.2) is 12.1 Å². The molecule has 2 rings (SSSR count). The van der Waals surface area contributed by atoms with Gasteiger partial charge >= 0.3 is 12.1 Å². The van der Waals surface area contributed by atoms with Gasteiger partial charge in [-0.25, -0.2) is 4.79 Å². The fraction of sp³-hybridized carbons (Fsp3) is 0.667. The number of nitrogens with zero attached hydrogens (tertiary/aromatic N) is 2. The zero-order chi connectivity index (χ0) is 22.2. The normalized spacial score (nSPS) is 22.9. The van der Waals surface area contributed by atoms with Crippen molar-refractivity contribution in [3.05, 3.63) is 28.5 Å². The average molecular weight is 427 g/mol. The second-order valence-corrected chi connectivity index (χ2v) is 9.92. The molecule has 7 nitrogen and oxygen atoms in total. The molecular formula is C21H31ClN2O5. The summed E-state index contributed by atoms with van der Waals surface area (Å²) in [5.41, 5.74) is -2.05. The van der Waals surface area contributed by atoms with E-state index in [-0.39, 0.29) is 19.5 Å². The van der Waals surface area contributed by atoms with Gasteiger partial charge in [-0.05, 0) is 60.6 Å². The third-order valence-electron chi connectivity index (χ3n) is 4.66. The van der Waals surface area contributed by atoms with Crippen molar-refractivity contribution >= 4 is 23.7 Å². The van der Waals surface area contributed by atoms with E-state index >= 15 is 0 Å². The van der Waals surface area contributed by atoms with Crippen LogP contribution in [0.5, 0.6) is 0 Å². The van der Waals surface area contributed by atoms with Gasteiger partial charge in [-0.1, -0.05) is 11.6 Å². The number of amides is 1. The Kier molecular flexibility index (Phi) is 6.55. The molecule has 0 bridgehead atoms. The number of rotatable bonds is 2. The number of aryl methyl sites for hydroxylation is 1. The summed E-state index contributed by atoms with van der Waals surface area (Å²) in [6, 6.07) is 3.27. The van der Waals surface area contributed by atoms with Gasteiger partial charge in [0.15, 0.2) is 6.10 Å². The summed E-state index contributed by atoms with van der Waals surface area (Å²) in [4.78, 5) is 31.0. The first-order chi connectivity index (χ1) is 13.1. The highest BCUT2D eigenvalue weighted by Gasteiger charge is 2.49. The highest BCUT2D eigenvalue weighted by Crippen LogP contribution is 2.36. The summed E-state index contributed by atoms with van der Waals surface area (Å²) in [5, 5.41) is 12.0. The molecule has 1 amide bonds. The molecule has 1 saturated heterocycles. The number of halogens is 1. The van der Waals surface area contributed by atoms with Crippen molar-refractivity contribution in [3.8, 4) is 0 Å². The molecule has 1 aliphatic rings.